The fourth-order valence-corrected chi connectivity index (χ4v) is 2.31. The highest BCUT2D eigenvalue weighted by Crippen LogP contribution is 2.40. The van der Waals surface area contributed by atoms with Crippen LogP contribution in [0.25, 0.3) is 0 Å². The zero-order valence-corrected chi connectivity index (χ0v) is 10.3. The fourth-order valence-electron chi connectivity index (χ4n) is 2.31. The molecule has 18 heavy (non-hydrogen) atoms. The third-order valence-electron chi connectivity index (χ3n) is 3.71. The summed E-state index contributed by atoms with van der Waals surface area (Å²) in [6, 6.07) is 6.49. The minimum Gasteiger partial charge on any atom is -0.374 e. The van der Waals surface area contributed by atoms with Crippen molar-refractivity contribution >= 4 is 11.4 Å². The van der Waals surface area contributed by atoms with E-state index in [4.69, 9.17) is 5.26 Å². The van der Waals surface area contributed by atoms with Gasteiger partial charge in [-0.25, -0.2) is 0 Å². The fraction of sp³-hybridized carbons (Fsp3) is 0.462. The van der Waals surface area contributed by atoms with Crippen LogP contribution in [-0.4, -0.2) is 10.5 Å². The molecule has 2 rings (SSSR count). The lowest BCUT2D eigenvalue weighted by molar-refractivity contribution is -0.384. The lowest BCUT2D eigenvalue weighted by Gasteiger charge is -2.42. The number of nitriles is 1. The predicted octanol–water partition coefficient (Wildman–Crippen LogP) is 3.21. The lowest BCUT2D eigenvalue weighted by Crippen LogP contribution is -2.44. The maximum Gasteiger partial charge on any atom is 0.293 e. The molecule has 1 aromatic carbocycles. The van der Waals surface area contributed by atoms with Crippen LogP contribution in [0.5, 0.6) is 0 Å². The smallest absolute Gasteiger partial charge is 0.293 e. The van der Waals surface area contributed by atoms with Gasteiger partial charge in [-0.05, 0) is 37.8 Å². The Morgan fingerprint density at radius 1 is 1.56 bits per heavy atom. The lowest BCUT2D eigenvalue weighted by atomic mass is 9.74. The largest absolute Gasteiger partial charge is 0.374 e. The summed E-state index contributed by atoms with van der Waals surface area (Å²) < 4.78 is 0. The van der Waals surface area contributed by atoms with Crippen LogP contribution in [0.2, 0.25) is 0 Å². The number of hydrogen-bond donors (Lipinski definition) is 1. The zero-order valence-electron chi connectivity index (χ0n) is 10.3. The van der Waals surface area contributed by atoms with Crippen LogP contribution < -0.4 is 5.32 Å². The third kappa shape index (κ3) is 2.14. The molecule has 1 aliphatic carbocycles. The number of anilines is 1. The first kappa shape index (κ1) is 12.4. The van der Waals surface area contributed by atoms with E-state index in [0.29, 0.717) is 11.3 Å². The van der Waals surface area contributed by atoms with E-state index < -0.39 is 4.92 Å². The van der Waals surface area contributed by atoms with Gasteiger partial charge in [0.2, 0.25) is 0 Å². The molecule has 1 saturated carbocycles. The highest BCUT2D eigenvalue weighted by molar-refractivity contribution is 5.65. The summed E-state index contributed by atoms with van der Waals surface area (Å²) in [4.78, 5) is 10.6. The Morgan fingerprint density at radius 2 is 2.28 bits per heavy atom. The van der Waals surface area contributed by atoms with Crippen molar-refractivity contribution in [1.82, 2.24) is 0 Å². The zero-order chi connectivity index (χ0) is 13.2. The summed E-state index contributed by atoms with van der Waals surface area (Å²) >= 11 is 0. The van der Waals surface area contributed by atoms with Gasteiger partial charge >= 0.3 is 0 Å². The molecule has 5 heteroatoms. The molecule has 0 unspecified atom stereocenters. The van der Waals surface area contributed by atoms with Crippen molar-refractivity contribution in [2.24, 2.45) is 0 Å². The summed E-state index contributed by atoms with van der Waals surface area (Å²) in [6.07, 6.45) is 4.19. The third-order valence-corrected chi connectivity index (χ3v) is 3.71. The van der Waals surface area contributed by atoms with Gasteiger partial charge < -0.3 is 5.32 Å². The molecule has 0 atom stereocenters. The van der Waals surface area contributed by atoms with Crippen molar-refractivity contribution in [1.29, 1.82) is 5.26 Å². The van der Waals surface area contributed by atoms with Gasteiger partial charge in [0, 0.05) is 11.6 Å². The van der Waals surface area contributed by atoms with Crippen LogP contribution in [-0.2, 0) is 0 Å². The molecule has 0 aromatic heterocycles. The Hall–Kier alpha value is -2.09. The number of benzene rings is 1. The van der Waals surface area contributed by atoms with Crippen LogP contribution >= 0.6 is 0 Å². The van der Waals surface area contributed by atoms with Gasteiger partial charge in [0.1, 0.15) is 5.69 Å². The number of rotatable bonds is 4. The molecule has 0 amide bonds. The van der Waals surface area contributed by atoms with Crippen LogP contribution in [0.4, 0.5) is 11.4 Å². The SMILES string of the molecule is CCC1(Nc2ccc(C#N)cc2[N+](=O)[O-])CCC1. The molecule has 0 heterocycles. The number of hydrogen-bond acceptors (Lipinski definition) is 4. The van der Waals surface area contributed by atoms with Crippen LogP contribution in [0.1, 0.15) is 38.2 Å². The Kier molecular flexibility index (Phi) is 3.19. The van der Waals surface area contributed by atoms with Crippen molar-refractivity contribution < 1.29 is 4.92 Å². The molecule has 1 N–H and O–H groups in total. The van der Waals surface area contributed by atoms with E-state index in [0.717, 1.165) is 25.7 Å². The maximum absolute atomic E-state index is 11.0. The Balaban J connectivity index is 2.33. The van der Waals surface area contributed by atoms with E-state index in [9.17, 15) is 10.1 Å². The summed E-state index contributed by atoms with van der Waals surface area (Å²) in [5, 5.41) is 23.1. The molecule has 0 bridgehead atoms. The standard InChI is InChI=1S/C13H15N3O2/c1-2-13(6-3-7-13)15-11-5-4-10(9-14)8-12(11)16(17)18/h4-5,8,15H,2-3,6-7H2,1H3. The monoisotopic (exact) mass is 245 g/mol. The van der Waals surface area contributed by atoms with Crippen LogP contribution in [0.15, 0.2) is 18.2 Å². The molecule has 1 aromatic rings. The van der Waals surface area contributed by atoms with E-state index in [1.807, 2.05) is 6.07 Å². The second kappa shape index (κ2) is 4.65. The van der Waals surface area contributed by atoms with Gasteiger partial charge in [-0.15, -0.1) is 0 Å². The number of nitro benzene ring substituents is 1. The van der Waals surface area contributed by atoms with E-state index in [1.165, 1.54) is 6.07 Å². The van der Waals surface area contributed by atoms with E-state index in [1.54, 1.807) is 12.1 Å². The number of nitro groups is 1. The van der Waals surface area contributed by atoms with E-state index in [-0.39, 0.29) is 11.2 Å². The minimum atomic E-state index is -0.439. The van der Waals surface area contributed by atoms with Gasteiger partial charge in [0.25, 0.3) is 5.69 Å². The molecule has 1 fully saturated rings. The molecule has 94 valence electrons. The number of nitrogens with one attached hydrogen (secondary N) is 1. The van der Waals surface area contributed by atoms with E-state index >= 15 is 0 Å². The molecule has 5 nitrogen and oxygen atoms in total. The van der Waals surface area contributed by atoms with Gasteiger partial charge in [-0.3, -0.25) is 10.1 Å². The Morgan fingerprint density at radius 3 is 2.72 bits per heavy atom. The molecular formula is C13H15N3O2. The topological polar surface area (TPSA) is 79.0 Å². The summed E-state index contributed by atoms with van der Waals surface area (Å²) in [7, 11) is 0. The summed E-state index contributed by atoms with van der Waals surface area (Å²) in [5.74, 6) is 0. The van der Waals surface area contributed by atoms with Crippen molar-refractivity contribution in [3.63, 3.8) is 0 Å². The van der Waals surface area contributed by atoms with Gasteiger partial charge in [0.05, 0.1) is 16.6 Å². The average Bonchev–Trinajstić information content (AvgIpc) is 2.33. The quantitative estimate of drug-likeness (QED) is 0.652. The minimum absolute atomic E-state index is 0.00107. The van der Waals surface area contributed by atoms with Gasteiger partial charge in [-0.2, -0.15) is 5.26 Å². The first-order valence-electron chi connectivity index (χ1n) is 6.07. The second-order valence-electron chi connectivity index (χ2n) is 4.71. The first-order valence-corrected chi connectivity index (χ1v) is 6.07. The maximum atomic E-state index is 11.0. The second-order valence-corrected chi connectivity index (χ2v) is 4.71. The van der Waals surface area contributed by atoms with Gasteiger partial charge in [-0.1, -0.05) is 6.92 Å². The molecule has 0 saturated heterocycles. The van der Waals surface area contributed by atoms with Crippen molar-refractivity contribution in [3.05, 3.63) is 33.9 Å². The molecule has 0 aliphatic heterocycles. The van der Waals surface area contributed by atoms with Crippen molar-refractivity contribution in [2.75, 3.05) is 5.32 Å². The van der Waals surface area contributed by atoms with Crippen LogP contribution in [0, 0.1) is 21.4 Å². The summed E-state index contributed by atoms with van der Waals surface area (Å²) in [5.41, 5.74) is 0.805. The normalized spacial score (nSPS) is 16.4. The Labute approximate surface area is 106 Å². The molecule has 0 spiro atoms. The molecule has 0 radical (unpaired) electrons. The highest BCUT2D eigenvalue weighted by Gasteiger charge is 2.36. The Bertz CT molecular complexity index is 510. The molecular weight excluding hydrogens is 230 g/mol. The van der Waals surface area contributed by atoms with Gasteiger partial charge in [0.15, 0.2) is 0 Å². The number of nitrogens with zero attached hydrogens (tertiary/aromatic N) is 2. The van der Waals surface area contributed by atoms with Crippen LogP contribution in [0.3, 0.4) is 0 Å². The predicted molar refractivity (Wildman–Crippen MR) is 68.3 cm³/mol. The summed E-state index contributed by atoms with van der Waals surface area (Å²) in [6.45, 7) is 2.08. The molecule has 1 aliphatic rings. The van der Waals surface area contributed by atoms with Crippen molar-refractivity contribution in [3.8, 4) is 6.07 Å². The van der Waals surface area contributed by atoms with E-state index in [2.05, 4.69) is 12.2 Å². The first-order chi connectivity index (χ1) is 8.60. The highest BCUT2D eigenvalue weighted by atomic mass is 16.6. The van der Waals surface area contributed by atoms with Crippen molar-refractivity contribution in [2.45, 2.75) is 38.1 Å². The average molecular weight is 245 g/mol.